The molecule has 1 saturated heterocycles. The highest BCUT2D eigenvalue weighted by atomic mass is 16.2. The normalized spacial score (nSPS) is 25.3. The van der Waals surface area contributed by atoms with Gasteiger partial charge in [0, 0.05) is 17.2 Å². The van der Waals surface area contributed by atoms with Crippen LogP contribution in [0.4, 0.5) is 10.5 Å². The SMILES string of the molecule is CCC1CCC2(CC1)NC(=O)N(CC(=O)Nc1ccc(-c3n[nH]c(C4CC4)n3)cc1)C2=O. The van der Waals surface area contributed by atoms with Gasteiger partial charge in [-0.3, -0.25) is 19.6 Å². The molecule has 32 heavy (non-hydrogen) atoms. The predicted molar refractivity (Wildman–Crippen MR) is 118 cm³/mol. The van der Waals surface area contributed by atoms with Crippen LogP contribution in [0, 0.1) is 5.92 Å². The fraction of sp³-hybridized carbons (Fsp3) is 0.522. The zero-order chi connectivity index (χ0) is 22.3. The Bertz CT molecular complexity index is 1030. The summed E-state index contributed by atoms with van der Waals surface area (Å²) in [6, 6.07) is 6.72. The Balaban J connectivity index is 1.19. The van der Waals surface area contributed by atoms with Gasteiger partial charge in [-0.2, -0.15) is 5.10 Å². The lowest BCUT2D eigenvalue weighted by Crippen LogP contribution is -2.49. The highest BCUT2D eigenvalue weighted by Gasteiger charge is 2.52. The molecule has 9 heteroatoms. The number of benzene rings is 1. The van der Waals surface area contributed by atoms with Crippen molar-refractivity contribution < 1.29 is 14.4 Å². The molecular formula is C23H28N6O3. The third-order valence-electron chi connectivity index (χ3n) is 6.98. The number of nitrogens with one attached hydrogen (secondary N) is 3. The summed E-state index contributed by atoms with van der Waals surface area (Å²) in [5.74, 6) is 1.97. The minimum absolute atomic E-state index is 0.279. The van der Waals surface area contributed by atoms with E-state index in [1.54, 1.807) is 12.1 Å². The molecular weight excluding hydrogens is 408 g/mol. The average molecular weight is 437 g/mol. The molecule has 0 radical (unpaired) electrons. The first-order valence-corrected chi connectivity index (χ1v) is 11.4. The number of carbonyl (C=O) groups is 3. The van der Waals surface area contributed by atoms with Gasteiger partial charge in [-0.15, -0.1) is 0 Å². The maximum Gasteiger partial charge on any atom is 0.325 e. The van der Waals surface area contributed by atoms with Crippen molar-refractivity contribution in [2.75, 3.05) is 11.9 Å². The van der Waals surface area contributed by atoms with Crippen LogP contribution in [0.15, 0.2) is 24.3 Å². The number of aromatic nitrogens is 3. The number of anilines is 1. The number of imide groups is 1. The zero-order valence-electron chi connectivity index (χ0n) is 18.2. The minimum Gasteiger partial charge on any atom is -0.325 e. The summed E-state index contributed by atoms with van der Waals surface area (Å²) < 4.78 is 0. The quantitative estimate of drug-likeness (QED) is 0.601. The number of hydrogen-bond acceptors (Lipinski definition) is 5. The number of H-pyrrole nitrogens is 1. The van der Waals surface area contributed by atoms with Gasteiger partial charge in [0.15, 0.2) is 5.82 Å². The minimum atomic E-state index is -0.833. The van der Waals surface area contributed by atoms with Crippen LogP contribution in [0.25, 0.3) is 11.4 Å². The van der Waals surface area contributed by atoms with Crippen molar-refractivity contribution >= 4 is 23.5 Å². The Morgan fingerprint density at radius 3 is 2.53 bits per heavy atom. The first kappa shape index (κ1) is 20.7. The lowest BCUT2D eigenvalue weighted by molar-refractivity contribution is -0.135. The van der Waals surface area contributed by atoms with E-state index in [9.17, 15) is 14.4 Å². The Hall–Kier alpha value is -3.23. The molecule has 1 aromatic heterocycles. The van der Waals surface area contributed by atoms with Crippen LogP contribution in [0.3, 0.4) is 0 Å². The summed E-state index contributed by atoms with van der Waals surface area (Å²) in [5, 5.41) is 12.9. The first-order chi connectivity index (χ1) is 15.5. The number of amides is 4. The van der Waals surface area contributed by atoms with Gasteiger partial charge in [-0.1, -0.05) is 13.3 Å². The third kappa shape index (κ3) is 3.87. The molecule has 1 aliphatic heterocycles. The molecule has 4 amide bonds. The van der Waals surface area contributed by atoms with E-state index in [-0.39, 0.29) is 12.5 Å². The summed E-state index contributed by atoms with van der Waals surface area (Å²) in [7, 11) is 0. The molecule has 3 aliphatic rings. The number of aromatic amines is 1. The number of hydrogen-bond donors (Lipinski definition) is 3. The number of carbonyl (C=O) groups excluding carboxylic acids is 3. The third-order valence-corrected chi connectivity index (χ3v) is 6.98. The molecule has 5 rings (SSSR count). The number of rotatable bonds is 6. The fourth-order valence-electron chi connectivity index (χ4n) is 4.73. The second-order valence-corrected chi connectivity index (χ2v) is 9.20. The molecule has 2 aromatic rings. The molecule has 1 aromatic carbocycles. The lowest BCUT2D eigenvalue weighted by atomic mass is 9.75. The average Bonchev–Trinajstić information content (AvgIpc) is 3.49. The first-order valence-electron chi connectivity index (χ1n) is 11.4. The molecule has 3 fully saturated rings. The molecule has 2 aliphatic carbocycles. The fourth-order valence-corrected chi connectivity index (χ4v) is 4.73. The van der Waals surface area contributed by atoms with Crippen molar-refractivity contribution in [2.45, 2.75) is 63.3 Å². The molecule has 168 valence electrons. The second-order valence-electron chi connectivity index (χ2n) is 9.20. The van der Waals surface area contributed by atoms with Gasteiger partial charge in [-0.05, 0) is 68.7 Å². The summed E-state index contributed by atoms with van der Waals surface area (Å²) in [5.41, 5.74) is 0.604. The molecule has 9 nitrogen and oxygen atoms in total. The van der Waals surface area contributed by atoms with Gasteiger partial charge in [0.05, 0.1) is 0 Å². The molecule has 0 bridgehead atoms. The van der Waals surface area contributed by atoms with Gasteiger partial charge < -0.3 is 10.6 Å². The topological polar surface area (TPSA) is 120 Å². The summed E-state index contributed by atoms with van der Waals surface area (Å²) in [6.45, 7) is 1.86. The summed E-state index contributed by atoms with van der Waals surface area (Å²) >= 11 is 0. The highest BCUT2D eigenvalue weighted by Crippen LogP contribution is 2.39. The molecule has 0 unspecified atom stereocenters. The zero-order valence-corrected chi connectivity index (χ0v) is 18.2. The van der Waals surface area contributed by atoms with Crippen LogP contribution in [-0.2, 0) is 9.59 Å². The number of nitrogens with zero attached hydrogens (tertiary/aromatic N) is 3. The second kappa shape index (κ2) is 8.03. The van der Waals surface area contributed by atoms with Crippen LogP contribution < -0.4 is 10.6 Å². The molecule has 2 heterocycles. The van der Waals surface area contributed by atoms with Crippen LogP contribution in [-0.4, -0.2) is 50.0 Å². The van der Waals surface area contributed by atoms with Crippen molar-refractivity contribution in [3.8, 4) is 11.4 Å². The molecule has 1 spiro atoms. The molecule has 0 atom stereocenters. The smallest absolute Gasteiger partial charge is 0.325 e. The lowest BCUT2D eigenvalue weighted by Gasteiger charge is -2.34. The van der Waals surface area contributed by atoms with Gasteiger partial charge in [0.1, 0.15) is 17.9 Å². The van der Waals surface area contributed by atoms with E-state index in [2.05, 4.69) is 32.7 Å². The van der Waals surface area contributed by atoms with Crippen molar-refractivity contribution in [2.24, 2.45) is 5.92 Å². The Morgan fingerprint density at radius 2 is 1.88 bits per heavy atom. The van der Waals surface area contributed by atoms with E-state index in [0.29, 0.717) is 36.2 Å². The van der Waals surface area contributed by atoms with E-state index in [0.717, 1.165) is 48.4 Å². The van der Waals surface area contributed by atoms with E-state index < -0.39 is 17.5 Å². The molecule has 3 N–H and O–H groups in total. The van der Waals surface area contributed by atoms with E-state index in [4.69, 9.17) is 0 Å². The summed E-state index contributed by atoms with van der Waals surface area (Å²) in [4.78, 5) is 43.6. The largest absolute Gasteiger partial charge is 0.325 e. The van der Waals surface area contributed by atoms with E-state index >= 15 is 0 Å². The molecule has 2 saturated carbocycles. The van der Waals surface area contributed by atoms with Crippen LogP contribution in [0.1, 0.15) is 63.6 Å². The predicted octanol–water partition coefficient (Wildman–Crippen LogP) is 3.18. The van der Waals surface area contributed by atoms with Crippen molar-refractivity contribution in [1.82, 2.24) is 25.4 Å². The van der Waals surface area contributed by atoms with Crippen LogP contribution >= 0.6 is 0 Å². The van der Waals surface area contributed by atoms with Crippen molar-refractivity contribution in [1.29, 1.82) is 0 Å². The maximum atomic E-state index is 13.0. The van der Waals surface area contributed by atoms with Crippen LogP contribution in [0.2, 0.25) is 0 Å². The maximum absolute atomic E-state index is 13.0. The number of urea groups is 1. The van der Waals surface area contributed by atoms with Gasteiger partial charge in [0.2, 0.25) is 5.91 Å². The monoisotopic (exact) mass is 436 g/mol. The standard InChI is InChI=1S/C23H28N6O3/c1-2-14-9-11-23(12-10-14)21(31)29(22(32)26-23)13-18(30)24-17-7-5-16(6-8-17)20-25-19(27-28-20)15-3-4-15/h5-8,14-15H,2-4,9-13H2,1H3,(H,24,30)(H,26,32)(H,25,27,28). The van der Waals surface area contributed by atoms with Crippen molar-refractivity contribution in [3.05, 3.63) is 30.1 Å². The van der Waals surface area contributed by atoms with Gasteiger partial charge in [0.25, 0.3) is 5.91 Å². The Labute approximate surface area is 186 Å². The van der Waals surface area contributed by atoms with Crippen molar-refractivity contribution in [3.63, 3.8) is 0 Å². The Kier molecular flexibility index (Phi) is 5.19. The highest BCUT2D eigenvalue weighted by molar-refractivity contribution is 6.10. The van der Waals surface area contributed by atoms with Gasteiger partial charge in [-0.25, -0.2) is 9.78 Å². The summed E-state index contributed by atoms with van der Waals surface area (Å²) in [6.07, 6.45) is 6.50. The van der Waals surface area contributed by atoms with Gasteiger partial charge >= 0.3 is 6.03 Å². The van der Waals surface area contributed by atoms with E-state index in [1.165, 1.54) is 0 Å². The Morgan fingerprint density at radius 1 is 1.16 bits per heavy atom. The van der Waals surface area contributed by atoms with E-state index in [1.807, 2.05) is 12.1 Å². The van der Waals surface area contributed by atoms with Crippen LogP contribution in [0.5, 0.6) is 0 Å².